The molecule has 1 N–H and O–H groups in total. The Morgan fingerprint density at radius 2 is 1.79 bits per heavy atom. The van der Waals surface area contributed by atoms with Crippen LogP contribution in [0.15, 0.2) is 54.6 Å². The summed E-state index contributed by atoms with van der Waals surface area (Å²) in [6.45, 7) is 2.35. The molecule has 0 aromatic heterocycles. The minimum absolute atomic E-state index is 0.00684. The van der Waals surface area contributed by atoms with Crippen molar-refractivity contribution in [3.63, 3.8) is 0 Å². The van der Waals surface area contributed by atoms with Crippen LogP contribution in [-0.4, -0.2) is 68.0 Å². The van der Waals surface area contributed by atoms with Crippen LogP contribution in [-0.2, 0) is 26.2 Å². The molecule has 34 heavy (non-hydrogen) atoms. The number of hydrogen-bond donors (Lipinski definition) is 1. The molecule has 2 aromatic carbocycles. The number of rotatable bonds is 7. The summed E-state index contributed by atoms with van der Waals surface area (Å²) in [6, 6.07) is 18.1. The lowest BCUT2D eigenvalue weighted by atomic mass is 9.91. The Labute approximate surface area is 201 Å². The number of nitrogens with zero attached hydrogens (tertiary/aromatic N) is 2. The number of benzene rings is 2. The van der Waals surface area contributed by atoms with Gasteiger partial charge in [-0.3, -0.25) is 4.79 Å². The average molecular weight is 482 g/mol. The number of carbonyl (C=O) groups excluding carboxylic acids is 1. The Hall–Kier alpha value is -2.26. The highest BCUT2D eigenvalue weighted by Crippen LogP contribution is 2.56. The third kappa shape index (κ3) is 3.96. The largest absolute Gasteiger partial charge is 0.368 e. The molecule has 6 rings (SSSR count). The van der Waals surface area contributed by atoms with E-state index in [0.717, 1.165) is 42.4 Å². The molecule has 0 radical (unpaired) electrons. The Morgan fingerprint density at radius 1 is 1.06 bits per heavy atom. The molecule has 1 amide bonds. The van der Waals surface area contributed by atoms with Crippen LogP contribution in [0.1, 0.15) is 31.2 Å². The zero-order valence-electron chi connectivity index (χ0n) is 19.2. The monoisotopic (exact) mass is 481 g/mol. The third-order valence-corrected chi connectivity index (χ3v) is 9.59. The van der Waals surface area contributed by atoms with Gasteiger partial charge in [-0.25, -0.2) is 0 Å². The Bertz CT molecular complexity index is 1170. The zero-order chi connectivity index (χ0) is 23.3. The molecular weight excluding hydrogens is 450 g/mol. The second-order valence-electron chi connectivity index (χ2n) is 10.2. The fourth-order valence-corrected chi connectivity index (χ4v) is 7.19. The van der Waals surface area contributed by atoms with Crippen LogP contribution in [0.25, 0.3) is 11.1 Å². The highest BCUT2D eigenvalue weighted by molar-refractivity contribution is 7.87. The van der Waals surface area contributed by atoms with Gasteiger partial charge in [0.05, 0.1) is 18.7 Å². The van der Waals surface area contributed by atoms with Gasteiger partial charge in [-0.15, -0.1) is 0 Å². The first-order valence-electron chi connectivity index (χ1n) is 12.3. The number of hydrogen-bond acceptors (Lipinski definition) is 4. The highest BCUT2D eigenvalue weighted by Gasteiger charge is 2.62. The minimum Gasteiger partial charge on any atom is -0.368 e. The molecule has 4 aliphatic rings. The van der Waals surface area contributed by atoms with Gasteiger partial charge in [0.1, 0.15) is 6.10 Å². The predicted molar refractivity (Wildman–Crippen MR) is 129 cm³/mol. The lowest BCUT2D eigenvalue weighted by molar-refractivity contribution is -0.157. The number of nitrogens with one attached hydrogen (secondary N) is 1. The van der Waals surface area contributed by atoms with Gasteiger partial charge in [0.2, 0.25) is 0 Å². The molecule has 3 atom stereocenters. The van der Waals surface area contributed by atoms with Crippen LogP contribution in [0.5, 0.6) is 0 Å². The summed E-state index contributed by atoms with van der Waals surface area (Å²) in [5.74, 6) is 0.00684. The second kappa shape index (κ2) is 8.45. The molecule has 8 heteroatoms. The highest BCUT2D eigenvalue weighted by atomic mass is 32.2. The summed E-state index contributed by atoms with van der Waals surface area (Å²) in [7, 11) is -3.56. The molecule has 4 fully saturated rings. The van der Waals surface area contributed by atoms with Crippen molar-refractivity contribution in [2.24, 2.45) is 5.41 Å². The summed E-state index contributed by atoms with van der Waals surface area (Å²) in [4.78, 5) is 15.3. The molecule has 3 aliphatic heterocycles. The van der Waals surface area contributed by atoms with Crippen LogP contribution in [0, 0.1) is 5.41 Å². The molecule has 1 aliphatic carbocycles. The molecule has 7 nitrogen and oxygen atoms in total. The van der Waals surface area contributed by atoms with Gasteiger partial charge in [-0.2, -0.15) is 17.4 Å². The van der Waals surface area contributed by atoms with E-state index in [-0.39, 0.29) is 29.5 Å². The molecule has 3 saturated heterocycles. The minimum atomic E-state index is -3.56. The third-order valence-electron chi connectivity index (χ3n) is 7.99. The van der Waals surface area contributed by atoms with Crippen molar-refractivity contribution >= 4 is 16.1 Å². The lowest BCUT2D eigenvalue weighted by Gasteiger charge is -2.36. The van der Waals surface area contributed by atoms with E-state index in [1.165, 1.54) is 4.31 Å². The fourth-order valence-electron chi connectivity index (χ4n) is 5.57. The van der Waals surface area contributed by atoms with Crippen molar-refractivity contribution in [2.45, 2.75) is 50.3 Å². The van der Waals surface area contributed by atoms with Crippen molar-refractivity contribution in [2.75, 3.05) is 26.2 Å². The number of likely N-dealkylation sites (tertiary alicyclic amines) is 1. The van der Waals surface area contributed by atoms with Gasteiger partial charge in [0, 0.05) is 31.5 Å². The van der Waals surface area contributed by atoms with Crippen molar-refractivity contribution in [3.8, 4) is 11.1 Å². The van der Waals surface area contributed by atoms with E-state index in [9.17, 15) is 13.2 Å². The molecule has 180 valence electrons. The maximum Gasteiger partial charge on any atom is 0.279 e. The van der Waals surface area contributed by atoms with Crippen LogP contribution in [0.2, 0.25) is 0 Å². The first kappa shape index (κ1) is 22.2. The fraction of sp³-hybridized carbons (Fsp3) is 0.500. The topological polar surface area (TPSA) is 79.0 Å². The SMILES string of the molecule is O=C(C1CCO1)N1CC2(CC2)[C@H](NS(=O)(=O)N2CCC2)[C@@H]1Cc1cccc(-c2ccccc2)c1. The first-order chi connectivity index (χ1) is 16.5. The van der Waals surface area contributed by atoms with Gasteiger partial charge in [-0.1, -0.05) is 54.6 Å². The maximum atomic E-state index is 13.4. The van der Waals surface area contributed by atoms with E-state index in [0.29, 0.717) is 32.7 Å². The Kier molecular flexibility index (Phi) is 5.52. The number of carbonyl (C=O) groups is 1. The summed E-state index contributed by atoms with van der Waals surface area (Å²) < 4.78 is 36.3. The van der Waals surface area contributed by atoms with Crippen LogP contribution >= 0.6 is 0 Å². The molecule has 0 bridgehead atoms. The van der Waals surface area contributed by atoms with Crippen LogP contribution < -0.4 is 4.72 Å². The second-order valence-corrected chi connectivity index (χ2v) is 11.9. The van der Waals surface area contributed by atoms with Crippen LogP contribution in [0.3, 0.4) is 0 Å². The Balaban J connectivity index is 1.32. The summed E-state index contributed by atoms with van der Waals surface area (Å²) in [5.41, 5.74) is 3.19. The maximum absolute atomic E-state index is 13.4. The lowest BCUT2D eigenvalue weighted by Crippen LogP contribution is -2.57. The molecular formula is C26H31N3O4S. The quantitative estimate of drug-likeness (QED) is 0.659. The van der Waals surface area contributed by atoms with Crippen molar-refractivity contribution < 1.29 is 17.9 Å². The van der Waals surface area contributed by atoms with Crippen molar-refractivity contribution in [3.05, 3.63) is 60.2 Å². The summed E-state index contributed by atoms with van der Waals surface area (Å²) in [6.07, 6.45) is 3.73. The Morgan fingerprint density at radius 3 is 2.41 bits per heavy atom. The van der Waals surface area contributed by atoms with E-state index >= 15 is 0 Å². The van der Waals surface area contributed by atoms with E-state index in [2.05, 4.69) is 35.1 Å². The number of amides is 1. The van der Waals surface area contributed by atoms with E-state index in [4.69, 9.17) is 4.74 Å². The van der Waals surface area contributed by atoms with E-state index in [1.807, 2.05) is 29.2 Å². The summed E-state index contributed by atoms with van der Waals surface area (Å²) >= 11 is 0. The van der Waals surface area contributed by atoms with Gasteiger partial charge in [0.25, 0.3) is 16.1 Å². The molecule has 1 saturated carbocycles. The van der Waals surface area contributed by atoms with E-state index in [1.54, 1.807) is 0 Å². The van der Waals surface area contributed by atoms with E-state index < -0.39 is 10.2 Å². The molecule has 1 unspecified atom stereocenters. The number of ether oxygens (including phenoxy) is 1. The molecule has 2 aromatic rings. The normalized spacial score (nSPS) is 27.9. The van der Waals surface area contributed by atoms with Crippen molar-refractivity contribution in [1.29, 1.82) is 0 Å². The average Bonchev–Trinajstić information content (AvgIpc) is 3.47. The summed E-state index contributed by atoms with van der Waals surface area (Å²) in [5, 5.41) is 0. The van der Waals surface area contributed by atoms with Gasteiger partial charge in [0.15, 0.2) is 0 Å². The smallest absolute Gasteiger partial charge is 0.279 e. The van der Waals surface area contributed by atoms with Gasteiger partial charge < -0.3 is 9.64 Å². The van der Waals surface area contributed by atoms with Crippen molar-refractivity contribution in [1.82, 2.24) is 13.9 Å². The molecule has 3 heterocycles. The van der Waals surface area contributed by atoms with Crippen LogP contribution in [0.4, 0.5) is 0 Å². The van der Waals surface area contributed by atoms with Gasteiger partial charge >= 0.3 is 0 Å². The van der Waals surface area contributed by atoms with Gasteiger partial charge in [-0.05, 0) is 42.4 Å². The zero-order valence-corrected chi connectivity index (χ0v) is 20.0. The first-order valence-corrected chi connectivity index (χ1v) is 13.7. The predicted octanol–water partition coefficient (Wildman–Crippen LogP) is 2.58. The standard InChI is InChI=1S/C26H31N3O4S/c30-25(23-10-15-33-23)29-18-26(11-12-26)24(27-34(31,32)28-13-5-14-28)22(29)17-19-6-4-9-21(16-19)20-7-2-1-3-8-20/h1-4,6-9,16,22-24,27H,5,10-15,17-18H2/t22-,23?,24+/m0/s1. The molecule has 1 spiro atoms.